The van der Waals surface area contributed by atoms with Crippen LogP contribution in [0.4, 0.5) is 0 Å². The molecule has 0 aromatic carbocycles. The fraction of sp³-hybridized carbons (Fsp3) is 0.308. The van der Waals surface area contributed by atoms with Crippen LogP contribution in [0, 0.1) is 6.92 Å². The molecule has 0 aliphatic carbocycles. The SMILES string of the molecule is CC(C(=O)O)=C(C)C(=O)NCc1ccc(C)nc1. The van der Waals surface area contributed by atoms with Gasteiger partial charge in [-0.1, -0.05) is 6.07 Å². The summed E-state index contributed by atoms with van der Waals surface area (Å²) in [6.45, 7) is 5.11. The highest BCUT2D eigenvalue weighted by molar-refractivity contribution is 6.01. The summed E-state index contributed by atoms with van der Waals surface area (Å²) in [4.78, 5) is 26.5. The number of aliphatic carboxylic acids is 1. The molecule has 96 valence electrons. The Bertz CT molecular complexity index is 489. The van der Waals surface area contributed by atoms with E-state index >= 15 is 0 Å². The maximum atomic E-state index is 11.7. The monoisotopic (exact) mass is 248 g/mol. The molecule has 1 aromatic rings. The maximum absolute atomic E-state index is 11.7. The number of carboxylic acid groups (broad SMARTS) is 1. The highest BCUT2D eigenvalue weighted by atomic mass is 16.4. The van der Waals surface area contributed by atoms with Crippen LogP contribution in [0.15, 0.2) is 29.5 Å². The van der Waals surface area contributed by atoms with Gasteiger partial charge in [-0.15, -0.1) is 0 Å². The maximum Gasteiger partial charge on any atom is 0.331 e. The molecule has 0 unspecified atom stereocenters. The van der Waals surface area contributed by atoms with E-state index in [4.69, 9.17) is 5.11 Å². The second-order valence-corrected chi connectivity index (χ2v) is 4.05. The van der Waals surface area contributed by atoms with Crippen molar-refractivity contribution in [2.45, 2.75) is 27.3 Å². The number of pyridine rings is 1. The number of rotatable bonds is 4. The van der Waals surface area contributed by atoms with Crippen LogP contribution < -0.4 is 5.32 Å². The largest absolute Gasteiger partial charge is 0.478 e. The van der Waals surface area contributed by atoms with Crippen molar-refractivity contribution in [3.63, 3.8) is 0 Å². The number of nitrogens with one attached hydrogen (secondary N) is 1. The van der Waals surface area contributed by atoms with Gasteiger partial charge in [0.05, 0.1) is 0 Å². The fourth-order valence-electron chi connectivity index (χ4n) is 1.25. The molecule has 0 saturated heterocycles. The van der Waals surface area contributed by atoms with E-state index in [0.29, 0.717) is 6.54 Å². The van der Waals surface area contributed by atoms with Gasteiger partial charge in [0, 0.05) is 29.6 Å². The molecule has 18 heavy (non-hydrogen) atoms. The van der Waals surface area contributed by atoms with Gasteiger partial charge in [-0.3, -0.25) is 9.78 Å². The topological polar surface area (TPSA) is 79.3 Å². The first-order valence-corrected chi connectivity index (χ1v) is 5.52. The molecule has 1 rings (SSSR count). The number of hydrogen-bond acceptors (Lipinski definition) is 3. The molecule has 0 spiro atoms. The third-order valence-electron chi connectivity index (χ3n) is 2.65. The molecule has 2 N–H and O–H groups in total. The van der Waals surface area contributed by atoms with E-state index in [2.05, 4.69) is 10.3 Å². The molecular formula is C13H16N2O3. The van der Waals surface area contributed by atoms with Crippen LogP contribution in [-0.2, 0) is 16.1 Å². The van der Waals surface area contributed by atoms with E-state index in [9.17, 15) is 9.59 Å². The third kappa shape index (κ3) is 3.69. The van der Waals surface area contributed by atoms with Gasteiger partial charge >= 0.3 is 5.97 Å². The number of amides is 1. The van der Waals surface area contributed by atoms with Crippen LogP contribution in [0.2, 0.25) is 0 Å². The van der Waals surface area contributed by atoms with Crippen molar-refractivity contribution in [2.75, 3.05) is 0 Å². The predicted octanol–water partition coefficient (Wildman–Crippen LogP) is 1.43. The Labute approximate surface area is 106 Å². The minimum Gasteiger partial charge on any atom is -0.478 e. The number of carboxylic acids is 1. The first kappa shape index (κ1) is 13.9. The molecule has 0 atom stereocenters. The summed E-state index contributed by atoms with van der Waals surface area (Å²) in [6, 6.07) is 3.72. The summed E-state index contributed by atoms with van der Waals surface area (Å²) in [7, 11) is 0. The van der Waals surface area contributed by atoms with Crippen LogP contribution in [0.1, 0.15) is 25.1 Å². The van der Waals surface area contributed by atoms with Gasteiger partial charge in [-0.25, -0.2) is 4.79 Å². The van der Waals surface area contributed by atoms with Crippen molar-refractivity contribution < 1.29 is 14.7 Å². The van der Waals surface area contributed by atoms with E-state index in [1.54, 1.807) is 6.20 Å². The molecule has 5 heteroatoms. The zero-order valence-electron chi connectivity index (χ0n) is 10.7. The van der Waals surface area contributed by atoms with Crippen LogP contribution in [0.5, 0.6) is 0 Å². The zero-order chi connectivity index (χ0) is 13.7. The van der Waals surface area contributed by atoms with Gasteiger partial charge in [0.2, 0.25) is 5.91 Å². The highest BCUT2D eigenvalue weighted by Crippen LogP contribution is 2.04. The Morgan fingerprint density at radius 2 is 1.94 bits per heavy atom. The highest BCUT2D eigenvalue weighted by Gasteiger charge is 2.12. The van der Waals surface area contributed by atoms with E-state index in [1.165, 1.54) is 13.8 Å². The second kappa shape index (κ2) is 5.95. The smallest absolute Gasteiger partial charge is 0.331 e. The first-order chi connectivity index (χ1) is 8.41. The third-order valence-corrected chi connectivity index (χ3v) is 2.65. The van der Waals surface area contributed by atoms with Crippen molar-refractivity contribution in [1.29, 1.82) is 0 Å². The van der Waals surface area contributed by atoms with Crippen molar-refractivity contribution in [3.05, 3.63) is 40.7 Å². The lowest BCUT2D eigenvalue weighted by Gasteiger charge is -2.07. The Hall–Kier alpha value is -2.17. The Morgan fingerprint density at radius 3 is 2.44 bits per heavy atom. The lowest BCUT2D eigenvalue weighted by molar-refractivity contribution is -0.133. The van der Waals surface area contributed by atoms with Crippen LogP contribution in [-0.4, -0.2) is 22.0 Å². The van der Waals surface area contributed by atoms with Crippen molar-refractivity contribution in [1.82, 2.24) is 10.3 Å². The second-order valence-electron chi connectivity index (χ2n) is 4.05. The van der Waals surface area contributed by atoms with Gasteiger partial charge < -0.3 is 10.4 Å². The number of nitrogens with zero attached hydrogens (tertiary/aromatic N) is 1. The Kier molecular flexibility index (Phi) is 4.59. The van der Waals surface area contributed by atoms with Gasteiger partial charge in [0.25, 0.3) is 0 Å². The van der Waals surface area contributed by atoms with Crippen LogP contribution in [0.25, 0.3) is 0 Å². The summed E-state index contributed by atoms with van der Waals surface area (Å²) in [6.07, 6.45) is 1.68. The molecule has 1 aromatic heterocycles. The quantitative estimate of drug-likeness (QED) is 0.790. The van der Waals surface area contributed by atoms with Crippen LogP contribution in [0.3, 0.4) is 0 Å². The van der Waals surface area contributed by atoms with E-state index in [0.717, 1.165) is 11.3 Å². The fourth-order valence-corrected chi connectivity index (χ4v) is 1.25. The number of aryl methyl sites for hydroxylation is 1. The normalized spacial score (nSPS) is 11.7. The molecule has 1 amide bonds. The Morgan fingerprint density at radius 1 is 1.28 bits per heavy atom. The summed E-state index contributed by atoms with van der Waals surface area (Å²) in [5.74, 6) is -1.46. The first-order valence-electron chi connectivity index (χ1n) is 5.52. The number of hydrogen-bond donors (Lipinski definition) is 2. The molecular weight excluding hydrogens is 232 g/mol. The van der Waals surface area contributed by atoms with E-state index in [-0.39, 0.29) is 17.1 Å². The molecule has 0 saturated carbocycles. The van der Waals surface area contributed by atoms with Crippen molar-refractivity contribution in [2.24, 2.45) is 0 Å². The molecule has 5 nitrogen and oxygen atoms in total. The van der Waals surface area contributed by atoms with Crippen molar-refractivity contribution in [3.8, 4) is 0 Å². The average molecular weight is 248 g/mol. The summed E-state index contributed by atoms with van der Waals surface area (Å²) >= 11 is 0. The predicted molar refractivity (Wildman–Crippen MR) is 66.8 cm³/mol. The lowest BCUT2D eigenvalue weighted by Crippen LogP contribution is -2.25. The molecule has 0 bridgehead atoms. The van der Waals surface area contributed by atoms with Gasteiger partial charge in [-0.2, -0.15) is 0 Å². The summed E-state index contributed by atoms with van der Waals surface area (Å²) in [5.41, 5.74) is 2.04. The molecule has 0 aliphatic rings. The van der Waals surface area contributed by atoms with E-state index < -0.39 is 5.97 Å². The number of carbonyl (C=O) groups is 2. The van der Waals surface area contributed by atoms with Gasteiger partial charge in [0.15, 0.2) is 0 Å². The minimum absolute atomic E-state index is 0.0505. The molecule has 0 aliphatic heterocycles. The zero-order valence-corrected chi connectivity index (χ0v) is 10.7. The van der Waals surface area contributed by atoms with E-state index in [1.807, 2.05) is 19.1 Å². The molecule has 0 radical (unpaired) electrons. The molecule has 0 fully saturated rings. The standard InChI is InChI=1S/C13H16N2O3/c1-8-4-5-11(6-14-8)7-15-12(16)9(2)10(3)13(17)18/h4-6H,7H2,1-3H3,(H,15,16)(H,17,18). The number of carbonyl (C=O) groups excluding carboxylic acids is 1. The average Bonchev–Trinajstić information content (AvgIpc) is 2.35. The summed E-state index contributed by atoms with van der Waals surface area (Å²) < 4.78 is 0. The lowest BCUT2D eigenvalue weighted by atomic mass is 10.1. The summed E-state index contributed by atoms with van der Waals surface area (Å²) in [5, 5.41) is 11.4. The number of aromatic nitrogens is 1. The minimum atomic E-state index is -1.08. The van der Waals surface area contributed by atoms with Gasteiger partial charge in [0.1, 0.15) is 0 Å². The Balaban J connectivity index is 2.64. The van der Waals surface area contributed by atoms with Crippen molar-refractivity contribution >= 4 is 11.9 Å². The molecule has 1 heterocycles. The van der Waals surface area contributed by atoms with Gasteiger partial charge in [-0.05, 0) is 32.4 Å². The van der Waals surface area contributed by atoms with Crippen LogP contribution >= 0.6 is 0 Å².